The third-order valence-electron chi connectivity index (χ3n) is 3.53. The fraction of sp³-hybridized carbons (Fsp3) is 0.600. The maximum Gasteiger partial charge on any atom is 0.126 e. The van der Waals surface area contributed by atoms with Crippen LogP contribution in [0.3, 0.4) is 0 Å². The molecule has 1 aromatic carbocycles. The first kappa shape index (κ1) is 13.9. The van der Waals surface area contributed by atoms with Gasteiger partial charge in [0.25, 0.3) is 0 Å². The van der Waals surface area contributed by atoms with Crippen LogP contribution in [0.25, 0.3) is 0 Å². The largest absolute Gasteiger partial charge is 0.313 e. The predicted octanol–water partition coefficient (Wildman–Crippen LogP) is 3.63. The van der Waals surface area contributed by atoms with Crippen molar-refractivity contribution < 1.29 is 4.39 Å². The van der Waals surface area contributed by atoms with Crippen LogP contribution in [0.2, 0.25) is 0 Å². The van der Waals surface area contributed by atoms with Crippen molar-refractivity contribution in [2.45, 2.75) is 43.9 Å². The van der Waals surface area contributed by atoms with Crippen LogP contribution < -0.4 is 5.32 Å². The summed E-state index contributed by atoms with van der Waals surface area (Å²) >= 11 is 2.05. The first-order valence-electron chi connectivity index (χ1n) is 6.89. The minimum absolute atomic E-state index is 0.0683. The average molecular weight is 267 g/mol. The normalized spacial score (nSPS) is 21.8. The van der Waals surface area contributed by atoms with Gasteiger partial charge in [0.05, 0.1) is 0 Å². The van der Waals surface area contributed by atoms with Gasteiger partial charge in [-0.25, -0.2) is 4.39 Å². The van der Waals surface area contributed by atoms with Gasteiger partial charge in [0.2, 0.25) is 0 Å². The van der Waals surface area contributed by atoms with E-state index in [0.717, 1.165) is 18.5 Å². The summed E-state index contributed by atoms with van der Waals surface area (Å²) < 4.78 is 13.7. The summed E-state index contributed by atoms with van der Waals surface area (Å²) in [4.78, 5) is 0. The van der Waals surface area contributed by atoms with E-state index in [2.05, 4.69) is 24.0 Å². The number of rotatable bonds is 5. The lowest BCUT2D eigenvalue weighted by atomic mass is 9.99. The summed E-state index contributed by atoms with van der Waals surface area (Å²) in [5.41, 5.74) is 0.842. The molecule has 2 rings (SSSR count). The summed E-state index contributed by atoms with van der Waals surface area (Å²) in [6, 6.07) is 7.56. The SMILES string of the molecule is CCNC(Cc1ccccc1F)C1CCCCS1. The van der Waals surface area contributed by atoms with Crippen molar-refractivity contribution in [2.24, 2.45) is 0 Å². The Hall–Kier alpha value is -0.540. The molecule has 1 fully saturated rings. The third-order valence-corrected chi connectivity index (χ3v) is 5.04. The lowest BCUT2D eigenvalue weighted by molar-refractivity contribution is 0.463. The zero-order valence-corrected chi connectivity index (χ0v) is 11.8. The molecule has 0 aromatic heterocycles. The Morgan fingerprint density at radius 2 is 2.22 bits per heavy atom. The Kier molecular flexibility index (Phi) is 5.51. The van der Waals surface area contributed by atoms with Gasteiger partial charge in [-0.05, 0) is 43.2 Å². The van der Waals surface area contributed by atoms with E-state index in [1.165, 1.54) is 25.0 Å². The Bertz CT molecular complexity index is 363. The van der Waals surface area contributed by atoms with E-state index >= 15 is 0 Å². The zero-order valence-electron chi connectivity index (χ0n) is 11.0. The summed E-state index contributed by atoms with van der Waals surface area (Å²) in [5, 5.41) is 4.18. The number of thioether (sulfide) groups is 1. The van der Waals surface area contributed by atoms with Gasteiger partial charge in [-0.15, -0.1) is 0 Å². The highest BCUT2D eigenvalue weighted by atomic mass is 32.2. The first-order valence-corrected chi connectivity index (χ1v) is 7.94. The van der Waals surface area contributed by atoms with Crippen LogP contribution in [0.1, 0.15) is 31.7 Å². The molecule has 0 aliphatic carbocycles. The van der Waals surface area contributed by atoms with Crippen LogP contribution in [0.15, 0.2) is 24.3 Å². The summed E-state index contributed by atoms with van der Waals surface area (Å²) in [6.07, 6.45) is 4.71. The van der Waals surface area contributed by atoms with Gasteiger partial charge in [0.15, 0.2) is 0 Å². The molecule has 1 aromatic rings. The number of nitrogens with one attached hydrogen (secondary N) is 1. The highest BCUT2D eigenvalue weighted by Crippen LogP contribution is 2.29. The molecule has 0 spiro atoms. The van der Waals surface area contributed by atoms with Crippen molar-refractivity contribution in [1.29, 1.82) is 0 Å². The van der Waals surface area contributed by atoms with Crippen LogP contribution in [0.5, 0.6) is 0 Å². The second-order valence-electron chi connectivity index (χ2n) is 4.86. The highest BCUT2D eigenvalue weighted by molar-refractivity contribution is 8.00. The van der Waals surface area contributed by atoms with Crippen LogP contribution in [-0.4, -0.2) is 23.6 Å². The van der Waals surface area contributed by atoms with E-state index < -0.39 is 0 Å². The quantitative estimate of drug-likeness (QED) is 0.874. The molecule has 3 heteroatoms. The second kappa shape index (κ2) is 7.15. The maximum absolute atomic E-state index is 13.7. The van der Waals surface area contributed by atoms with E-state index in [0.29, 0.717) is 11.3 Å². The molecule has 1 nitrogen and oxygen atoms in total. The minimum Gasteiger partial charge on any atom is -0.313 e. The molecule has 18 heavy (non-hydrogen) atoms. The number of likely N-dealkylation sites (N-methyl/N-ethyl adjacent to an activating group) is 1. The molecule has 1 aliphatic heterocycles. The van der Waals surface area contributed by atoms with Crippen LogP contribution in [0, 0.1) is 5.82 Å². The summed E-state index contributed by atoms with van der Waals surface area (Å²) in [7, 11) is 0. The minimum atomic E-state index is -0.0683. The highest BCUT2D eigenvalue weighted by Gasteiger charge is 2.24. The van der Waals surface area contributed by atoms with Crippen molar-refractivity contribution >= 4 is 11.8 Å². The standard InChI is InChI=1S/C15H22FNS/c1-2-17-14(15-9-5-6-10-18-15)11-12-7-3-4-8-13(12)16/h3-4,7-8,14-15,17H,2,5-6,9-11H2,1H3. The van der Waals surface area contributed by atoms with Gasteiger partial charge in [-0.1, -0.05) is 31.5 Å². The van der Waals surface area contributed by atoms with Crippen molar-refractivity contribution in [1.82, 2.24) is 5.32 Å². The molecule has 100 valence electrons. The Balaban J connectivity index is 2.03. The van der Waals surface area contributed by atoms with Crippen LogP contribution in [0.4, 0.5) is 4.39 Å². The van der Waals surface area contributed by atoms with Crippen LogP contribution in [-0.2, 0) is 6.42 Å². The van der Waals surface area contributed by atoms with Crippen molar-refractivity contribution in [3.05, 3.63) is 35.6 Å². The van der Waals surface area contributed by atoms with Gasteiger partial charge in [-0.2, -0.15) is 11.8 Å². The molecule has 1 heterocycles. The Labute approximate surface area is 114 Å². The molecular formula is C15H22FNS. The molecule has 0 bridgehead atoms. The van der Waals surface area contributed by atoms with E-state index in [9.17, 15) is 4.39 Å². The molecule has 0 amide bonds. The van der Waals surface area contributed by atoms with Gasteiger partial charge >= 0.3 is 0 Å². The molecule has 2 unspecified atom stereocenters. The predicted molar refractivity (Wildman–Crippen MR) is 77.7 cm³/mol. The maximum atomic E-state index is 13.7. The number of hydrogen-bond donors (Lipinski definition) is 1. The fourth-order valence-corrected chi connectivity index (χ4v) is 4.01. The lowest BCUT2D eigenvalue weighted by Gasteiger charge is -2.30. The number of halogens is 1. The molecule has 2 atom stereocenters. The van der Waals surface area contributed by atoms with E-state index in [1.54, 1.807) is 12.1 Å². The van der Waals surface area contributed by atoms with E-state index in [1.807, 2.05) is 12.1 Å². The fourth-order valence-electron chi connectivity index (χ4n) is 2.58. The average Bonchev–Trinajstić information content (AvgIpc) is 2.42. The smallest absolute Gasteiger partial charge is 0.126 e. The second-order valence-corrected chi connectivity index (χ2v) is 6.21. The van der Waals surface area contributed by atoms with Gasteiger partial charge < -0.3 is 5.32 Å². The monoisotopic (exact) mass is 267 g/mol. The molecule has 1 aliphatic rings. The molecule has 0 saturated carbocycles. The van der Waals surface area contributed by atoms with Crippen LogP contribution >= 0.6 is 11.8 Å². The van der Waals surface area contributed by atoms with Crippen molar-refractivity contribution in [3.63, 3.8) is 0 Å². The van der Waals surface area contributed by atoms with Gasteiger partial charge in [0.1, 0.15) is 5.82 Å². The Morgan fingerprint density at radius 1 is 1.39 bits per heavy atom. The topological polar surface area (TPSA) is 12.0 Å². The zero-order chi connectivity index (χ0) is 12.8. The molecule has 1 saturated heterocycles. The lowest BCUT2D eigenvalue weighted by Crippen LogP contribution is -2.41. The molecular weight excluding hydrogens is 245 g/mol. The van der Waals surface area contributed by atoms with Gasteiger partial charge in [-0.3, -0.25) is 0 Å². The summed E-state index contributed by atoms with van der Waals surface area (Å²) in [6.45, 7) is 3.08. The number of benzene rings is 1. The Morgan fingerprint density at radius 3 is 2.89 bits per heavy atom. The molecule has 0 radical (unpaired) electrons. The first-order chi connectivity index (χ1) is 8.81. The van der Waals surface area contributed by atoms with Gasteiger partial charge in [0, 0.05) is 11.3 Å². The van der Waals surface area contributed by atoms with E-state index in [-0.39, 0.29) is 5.82 Å². The van der Waals surface area contributed by atoms with Crippen molar-refractivity contribution in [2.75, 3.05) is 12.3 Å². The third kappa shape index (κ3) is 3.72. The molecule has 1 N–H and O–H groups in total. The van der Waals surface area contributed by atoms with Crippen molar-refractivity contribution in [3.8, 4) is 0 Å². The number of hydrogen-bond acceptors (Lipinski definition) is 2. The summed E-state index contributed by atoms with van der Waals surface area (Å²) in [5.74, 6) is 1.19. The van der Waals surface area contributed by atoms with E-state index in [4.69, 9.17) is 0 Å².